The highest BCUT2D eigenvalue weighted by Gasteiger charge is 2.67. The van der Waals surface area contributed by atoms with Crippen molar-refractivity contribution in [3.8, 4) is 12.1 Å². The monoisotopic (exact) mass is 1770 g/mol. The zero-order valence-electron chi connectivity index (χ0n) is 74.4. The van der Waals surface area contributed by atoms with Gasteiger partial charge in [-0.3, -0.25) is 23.7 Å². The smallest absolute Gasteiger partial charge is 0.382 e. The SMILES string of the molecule is CCCCCCCCCCCCCCCCCCOC[C@H](COP(=O)(Cc1ccc([N+](=O)[O-])cc1)OC[C@H]1O[C@@](C#N)(c2ccc3c(N)ncnn23)[C@@H]2OC(C)(C)O[C@@H]21)OCc1ccccc1.CCCCCCCCCCCCCCCCCCOC[C@H](COP(=O)(O)OC[C@H]1O[C@@](C#N)(c2ccc3c(N)ncnn23)[C@@H]2OC(C)(C)O[C@@H]21)OCc1ccccc1. The van der Waals surface area contributed by atoms with Gasteiger partial charge in [0.05, 0.1) is 75.3 Å². The number of nitro benzene ring substituents is 1. The lowest BCUT2D eigenvalue weighted by molar-refractivity contribution is -0.384. The van der Waals surface area contributed by atoms with E-state index in [2.05, 4.69) is 46.2 Å². The molecule has 4 aromatic heterocycles. The molecule has 11 rings (SSSR count). The first kappa shape index (κ1) is 99.9. The lowest BCUT2D eigenvalue weighted by Crippen LogP contribution is -2.40. The van der Waals surface area contributed by atoms with Gasteiger partial charge in [-0.15, -0.1) is 0 Å². The van der Waals surface area contributed by atoms with Crippen molar-refractivity contribution in [3.63, 3.8) is 0 Å². The van der Waals surface area contributed by atoms with Crippen molar-refractivity contribution >= 4 is 43.8 Å². The van der Waals surface area contributed by atoms with Crippen LogP contribution < -0.4 is 11.5 Å². The van der Waals surface area contributed by atoms with Crippen LogP contribution in [0.3, 0.4) is 0 Å². The number of fused-ring (bicyclic) bond motifs is 4. The summed E-state index contributed by atoms with van der Waals surface area (Å²) in [5.74, 6) is -1.74. The number of unbranched alkanes of at least 4 members (excludes halogenated alkanes) is 30. The van der Waals surface area contributed by atoms with Crippen LogP contribution in [-0.2, 0) is 105 Å². The highest BCUT2D eigenvalue weighted by atomic mass is 31.2. The number of rotatable bonds is 61. The Kier molecular flexibility index (Phi) is 40.9. The summed E-state index contributed by atoms with van der Waals surface area (Å²) in [6.45, 7) is 12.4. The van der Waals surface area contributed by atoms with Crippen LogP contribution in [0.1, 0.15) is 275 Å². The summed E-state index contributed by atoms with van der Waals surface area (Å²) in [5.41, 5.74) is 12.7. The van der Waals surface area contributed by atoms with Gasteiger partial charge in [-0.25, -0.2) is 23.6 Å². The summed E-state index contributed by atoms with van der Waals surface area (Å²) in [5, 5.41) is 41.5. The maximum atomic E-state index is 15.0. The summed E-state index contributed by atoms with van der Waals surface area (Å²) < 4.78 is 117. The molecule has 3 aromatic carbocycles. The van der Waals surface area contributed by atoms with Gasteiger partial charge in [0.1, 0.15) is 84.7 Å². The van der Waals surface area contributed by atoms with Crippen molar-refractivity contribution in [1.82, 2.24) is 29.2 Å². The van der Waals surface area contributed by atoms with Crippen LogP contribution in [-0.4, -0.2) is 152 Å². The van der Waals surface area contributed by atoms with Crippen molar-refractivity contribution in [2.75, 3.05) is 64.3 Å². The van der Waals surface area contributed by atoms with Gasteiger partial charge < -0.3 is 72.8 Å². The second kappa shape index (κ2) is 51.2. The summed E-state index contributed by atoms with van der Waals surface area (Å²) in [7, 11) is -8.73. The van der Waals surface area contributed by atoms with Gasteiger partial charge in [0.25, 0.3) is 5.69 Å². The first-order valence-corrected chi connectivity index (χ1v) is 49.0. The van der Waals surface area contributed by atoms with Crippen molar-refractivity contribution in [3.05, 3.63) is 160 Å². The zero-order valence-corrected chi connectivity index (χ0v) is 76.2. The molecule has 5 N–H and O–H groups in total. The van der Waals surface area contributed by atoms with Gasteiger partial charge in [0.2, 0.25) is 11.2 Å². The standard InChI is InChI=1S/C50H71N6O10P.C43H66N5O9P/c1-4-5-6-7-8-9-10-11-12-13-14-15-16-17-18-22-31-60-33-42(61-32-39-23-20-19-21-24-39)34-62-67(59,36-40-25-27-41(28-26-40)56(57)58)63-35-44-46-47(66-49(2,3)65-46)50(37-51,64-44)45-30-29-43-48(52)53-38-54-55(43)45;1-4-5-6-7-8-9-10-11-12-13-14-15-16-17-18-22-27-51-29-35(52-28-34-23-20-19-21-24-34)30-53-58(49,50)54-31-37-39-40(57-42(2,3)56-39)43(32-44,55-37)38-26-25-36-41(45)46-33-47-48(36)38/h19-21,23-30,38,42,44,46-47H,4-18,22,31-36H2,1-3H3,(H2,52,53,54);19-21,23-26,33,35,37,39-40H,4-18,22,27-31H2,1-3H3,(H,49,50)(H2,45,46,47)/t42-,44-,46-,47-,50+,67?;35-,37-,39-,40-,43+/m11/s1. The van der Waals surface area contributed by atoms with Crippen LogP contribution in [0.2, 0.25) is 0 Å². The third kappa shape index (κ3) is 30.7. The average Bonchev–Trinajstić information content (AvgIpc) is 1.56. The summed E-state index contributed by atoms with van der Waals surface area (Å²) in [4.78, 5) is 29.8. The molecule has 0 bridgehead atoms. The molecule has 125 heavy (non-hydrogen) atoms. The Labute approximate surface area is 738 Å². The maximum Gasteiger partial charge on any atom is 0.472 e. The number of benzene rings is 3. The number of nitrogens with two attached hydrogens (primary N) is 2. The number of nitro groups is 1. The Bertz CT molecular complexity index is 4500. The molecule has 0 radical (unpaired) electrons. The van der Waals surface area contributed by atoms with Crippen LogP contribution in [0.15, 0.2) is 122 Å². The van der Waals surface area contributed by atoms with Gasteiger partial charge in [-0.2, -0.15) is 20.7 Å². The fraction of sp³-hybridized carbons (Fsp3) is 0.656. The molecule has 2 unspecified atom stereocenters. The minimum atomic E-state index is -4.63. The van der Waals surface area contributed by atoms with E-state index in [1.165, 1.54) is 226 Å². The quantitative estimate of drug-likeness (QED) is 0.0138. The number of hydrogen-bond donors (Lipinski definition) is 3. The van der Waals surface area contributed by atoms with E-state index >= 15 is 0 Å². The topological polar surface area (TPSA) is 387 Å². The molecule has 0 amide bonds. The molecule has 4 aliphatic rings. The van der Waals surface area contributed by atoms with E-state index in [1.54, 1.807) is 52.0 Å². The van der Waals surface area contributed by atoms with Crippen LogP contribution in [0.5, 0.6) is 0 Å². The predicted molar refractivity (Wildman–Crippen MR) is 476 cm³/mol. The molecule has 0 aliphatic carbocycles. The van der Waals surface area contributed by atoms with Crippen LogP contribution in [0.25, 0.3) is 11.0 Å². The molecule has 4 aliphatic heterocycles. The Balaban J connectivity index is 0.000000264. The highest BCUT2D eigenvalue weighted by molar-refractivity contribution is 7.53. The Morgan fingerprint density at radius 2 is 0.840 bits per heavy atom. The minimum absolute atomic E-state index is 0.111. The molecule has 0 saturated carbocycles. The molecule has 0 spiro atoms. The Morgan fingerprint density at radius 3 is 1.22 bits per heavy atom. The minimum Gasteiger partial charge on any atom is -0.382 e. The van der Waals surface area contributed by atoms with E-state index in [-0.39, 0.29) is 69.7 Å². The van der Waals surface area contributed by atoms with Crippen molar-refractivity contribution in [2.45, 2.75) is 338 Å². The van der Waals surface area contributed by atoms with Gasteiger partial charge in [0, 0.05) is 25.3 Å². The number of aromatic nitrogens is 6. The zero-order chi connectivity index (χ0) is 88.8. The summed E-state index contributed by atoms with van der Waals surface area (Å²) in [6.07, 6.45) is 37.1. The van der Waals surface area contributed by atoms with Crippen molar-refractivity contribution in [2.24, 2.45) is 0 Å². The van der Waals surface area contributed by atoms with Crippen LogP contribution >= 0.6 is 15.4 Å². The molecular weight excluding hydrogens is 1640 g/mol. The molecule has 8 heterocycles. The maximum absolute atomic E-state index is 15.0. The fourth-order valence-electron chi connectivity index (χ4n) is 16.6. The molecule has 7 aromatic rings. The first-order valence-electron chi connectivity index (χ1n) is 45.8. The second-order valence-electron chi connectivity index (χ2n) is 34.3. The average molecular weight is 1780 g/mol. The largest absolute Gasteiger partial charge is 0.472 e. The lowest BCUT2D eigenvalue weighted by atomic mass is 9.92. The van der Waals surface area contributed by atoms with E-state index < -0.39 is 98.6 Å². The number of ether oxygens (including phenoxy) is 10. The Morgan fingerprint density at radius 1 is 0.472 bits per heavy atom. The third-order valence-corrected chi connectivity index (χ3v) is 26.1. The Hall–Kier alpha value is -7.26. The highest BCUT2D eigenvalue weighted by Crippen LogP contribution is 2.56. The number of hydrogen-bond acceptors (Lipinski definition) is 26. The normalized spacial score (nSPS) is 22.0. The molecule has 4 fully saturated rings. The number of nitrogens with zero attached hydrogens (tertiary/aromatic N) is 9. The number of non-ortho nitro benzene ring substituents is 1. The second-order valence-corrected chi connectivity index (χ2v) is 37.8. The lowest BCUT2D eigenvalue weighted by Gasteiger charge is -2.29. The van der Waals surface area contributed by atoms with E-state index in [4.69, 9.17) is 76.9 Å². The van der Waals surface area contributed by atoms with E-state index in [9.17, 15) is 34.7 Å². The molecule has 32 heteroatoms. The van der Waals surface area contributed by atoms with Gasteiger partial charge in [-0.05, 0) is 81.5 Å². The van der Waals surface area contributed by atoms with E-state index in [0.29, 0.717) is 41.2 Å². The van der Waals surface area contributed by atoms with E-state index in [0.717, 1.165) is 36.8 Å². The van der Waals surface area contributed by atoms with Crippen LogP contribution in [0.4, 0.5) is 17.3 Å². The van der Waals surface area contributed by atoms with Gasteiger partial charge in [-0.1, -0.05) is 279 Å². The first-order chi connectivity index (χ1) is 60.5. The van der Waals surface area contributed by atoms with Crippen molar-refractivity contribution in [1.29, 1.82) is 10.5 Å². The number of nitriles is 2. The number of phosphoric acid groups is 1. The van der Waals surface area contributed by atoms with Crippen LogP contribution in [0, 0.1) is 32.8 Å². The number of phosphoric ester groups is 1. The predicted octanol–water partition coefficient (Wildman–Crippen LogP) is 20.1. The molecule has 4 saturated heterocycles. The molecule has 688 valence electrons. The van der Waals surface area contributed by atoms with Gasteiger partial charge >= 0.3 is 15.4 Å². The molecule has 12 atom stereocenters. The van der Waals surface area contributed by atoms with Gasteiger partial charge in [0.15, 0.2) is 23.2 Å². The third-order valence-electron chi connectivity index (χ3n) is 23.3. The number of anilines is 2. The molecular formula is C93H137N11O19P2. The summed E-state index contributed by atoms with van der Waals surface area (Å²) in [6, 6.07) is 36.4. The van der Waals surface area contributed by atoms with E-state index in [1.807, 2.05) is 60.7 Å². The van der Waals surface area contributed by atoms with Crippen molar-refractivity contribution < 1.29 is 84.4 Å². The number of nitrogen functional groups attached to an aromatic ring is 2. The fourth-order valence-corrected chi connectivity index (χ4v) is 19.0. The summed E-state index contributed by atoms with van der Waals surface area (Å²) >= 11 is 0. The molecule has 30 nitrogen and oxygen atoms in total.